The van der Waals surface area contributed by atoms with Crippen molar-refractivity contribution in [3.63, 3.8) is 0 Å². The van der Waals surface area contributed by atoms with Crippen LogP contribution in [0.25, 0.3) is 0 Å². The van der Waals surface area contributed by atoms with Crippen LogP contribution < -0.4 is 5.32 Å². The SMILES string of the molecule is C=CC1CCCC1NC(=O)OC(C)(C)C. The minimum Gasteiger partial charge on any atom is -0.444 e. The number of amides is 1. The zero-order valence-electron chi connectivity index (χ0n) is 9.88. The first-order valence-corrected chi connectivity index (χ1v) is 5.54. The molecule has 1 N–H and O–H groups in total. The van der Waals surface area contributed by atoms with Gasteiger partial charge in [0.1, 0.15) is 5.60 Å². The lowest BCUT2D eigenvalue weighted by atomic mass is 10.0. The molecule has 2 atom stereocenters. The second-order valence-corrected chi connectivity index (χ2v) is 5.08. The van der Waals surface area contributed by atoms with Gasteiger partial charge in [0, 0.05) is 6.04 Å². The largest absolute Gasteiger partial charge is 0.444 e. The standard InChI is InChI=1S/C12H21NO2/c1-5-9-7-6-8-10(9)13-11(14)15-12(2,3)4/h5,9-10H,1,6-8H2,2-4H3,(H,13,14). The molecule has 0 aliphatic heterocycles. The Kier molecular flexibility index (Phi) is 3.77. The molecule has 0 aromatic carbocycles. The highest BCUT2D eigenvalue weighted by Crippen LogP contribution is 2.26. The van der Waals surface area contributed by atoms with Crippen LogP contribution in [0.3, 0.4) is 0 Å². The summed E-state index contributed by atoms with van der Waals surface area (Å²) in [7, 11) is 0. The number of nitrogens with one attached hydrogen (secondary N) is 1. The summed E-state index contributed by atoms with van der Waals surface area (Å²) in [6, 6.07) is 0.206. The topological polar surface area (TPSA) is 38.3 Å². The third-order valence-electron chi connectivity index (χ3n) is 2.57. The van der Waals surface area contributed by atoms with E-state index in [4.69, 9.17) is 4.74 Å². The Morgan fingerprint density at radius 1 is 1.47 bits per heavy atom. The van der Waals surface area contributed by atoms with Crippen LogP contribution in [0.2, 0.25) is 0 Å². The molecule has 1 saturated carbocycles. The van der Waals surface area contributed by atoms with Crippen molar-refractivity contribution < 1.29 is 9.53 Å². The molecule has 1 rings (SSSR count). The van der Waals surface area contributed by atoms with Crippen LogP contribution in [-0.2, 0) is 4.74 Å². The molecule has 0 aromatic heterocycles. The minimum atomic E-state index is -0.424. The fraction of sp³-hybridized carbons (Fsp3) is 0.750. The van der Waals surface area contributed by atoms with E-state index in [2.05, 4.69) is 11.9 Å². The van der Waals surface area contributed by atoms with Crippen molar-refractivity contribution in [1.29, 1.82) is 0 Å². The Bertz CT molecular complexity index is 242. The van der Waals surface area contributed by atoms with Crippen LogP contribution >= 0.6 is 0 Å². The van der Waals surface area contributed by atoms with E-state index in [0.29, 0.717) is 5.92 Å². The number of hydrogen-bond donors (Lipinski definition) is 1. The van der Waals surface area contributed by atoms with Crippen molar-refractivity contribution in [2.45, 2.75) is 51.7 Å². The van der Waals surface area contributed by atoms with E-state index in [0.717, 1.165) is 19.3 Å². The first-order valence-electron chi connectivity index (χ1n) is 5.54. The lowest BCUT2D eigenvalue weighted by Crippen LogP contribution is -2.40. The van der Waals surface area contributed by atoms with Crippen LogP contribution in [0.5, 0.6) is 0 Å². The van der Waals surface area contributed by atoms with Crippen LogP contribution in [0.4, 0.5) is 4.79 Å². The molecule has 0 bridgehead atoms. The Hall–Kier alpha value is -0.990. The van der Waals surface area contributed by atoms with Crippen molar-refractivity contribution in [2.75, 3.05) is 0 Å². The summed E-state index contributed by atoms with van der Waals surface area (Å²) >= 11 is 0. The summed E-state index contributed by atoms with van der Waals surface area (Å²) in [5.74, 6) is 0.400. The second kappa shape index (κ2) is 4.69. The van der Waals surface area contributed by atoms with Gasteiger partial charge in [-0.3, -0.25) is 0 Å². The Morgan fingerprint density at radius 2 is 2.13 bits per heavy atom. The molecule has 0 aromatic rings. The van der Waals surface area contributed by atoms with Gasteiger partial charge in [-0.05, 0) is 39.5 Å². The van der Waals surface area contributed by atoms with Gasteiger partial charge in [0.05, 0.1) is 0 Å². The van der Waals surface area contributed by atoms with Gasteiger partial charge in [0.2, 0.25) is 0 Å². The number of alkyl carbamates (subject to hydrolysis) is 1. The average Bonchev–Trinajstić information content (AvgIpc) is 2.48. The van der Waals surface area contributed by atoms with Crippen molar-refractivity contribution in [2.24, 2.45) is 5.92 Å². The summed E-state index contributed by atoms with van der Waals surface area (Å²) in [5.41, 5.74) is -0.424. The first kappa shape index (κ1) is 12.1. The number of carbonyl (C=O) groups excluding carboxylic acids is 1. The molecule has 3 heteroatoms. The van der Waals surface area contributed by atoms with Crippen LogP contribution in [-0.4, -0.2) is 17.7 Å². The van der Waals surface area contributed by atoms with E-state index in [1.165, 1.54) is 0 Å². The predicted molar refractivity (Wildman–Crippen MR) is 60.7 cm³/mol. The van der Waals surface area contributed by atoms with E-state index in [1.807, 2.05) is 26.8 Å². The first-order chi connectivity index (χ1) is 6.92. The van der Waals surface area contributed by atoms with Gasteiger partial charge in [-0.25, -0.2) is 4.79 Å². The molecule has 3 nitrogen and oxygen atoms in total. The van der Waals surface area contributed by atoms with Gasteiger partial charge >= 0.3 is 6.09 Å². The molecule has 1 aliphatic rings. The van der Waals surface area contributed by atoms with Crippen molar-refractivity contribution in [3.8, 4) is 0 Å². The quantitative estimate of drug-likeness (QED) is 0.713. The van der Waals surface area contributed by atoms with E-state index in [9.17, 15) is 4.79 Å². The van der Waals surface area contributed by atoms with E-state index >= 15 is 0 Å². The molecule has 86 valence electrons. The van der Waals surface area contributed by atoms with Gasteiger partial charge in [0.15, 0.2) is 0 Å². The molecule has 0 saturated heterocycles. The molecule has 0 heterocycles. The zero-order chi connectivity index (χ0) is 11.5. The summed E-state index contributed by atoms with van der Waals surface area (Å²) in [6.07, 6.45) is 4.90. The summed E-state index contributed by atoms with van der Waals surface area (Å²) < 4.78 is 5.21. The Morgan fingerprint density at radius 3 is 2.67 bits per heavy atom. The van der Waals surface area contributed by atoms with Gasteiger partial charge in [-0.2, -0.15) is 0 Å². The summed E-state index contributed by atoms with van der Waals surface area (Å²) in [5, 5.41) is 2.90. The molecule has 0 spiro atoms. The smallest absolute Gasteiger partial charge is 0.407 e. The highest BCUT2D eigenvalue weighted by Gasteiger charge is 2.27. The van der Waals surface area contributed by atoms with E-state index < -0.39 is 5.60 Å². The third kappa shape index (κ3) is 3.94. The van der Waals surface area contributed by atoms with Crippen molar-refractivity contribution >= 4 is 6.09 Å². The summed E-state index contributed by atoms with van der Waals surface area (Å²) in [6.45, 7) is 9.38. The van der Waals surface area contributed by atoms with Gasteiger partial charge in [0.25, 0.3) is 0 Å². The summed E-state index contributed by atoms with van der Waals surface area (Å²) in [4.78, 5) is 11.5. The Labute approximate surface area is 91.9 Å². The maximum atomic E-state index is 11.5. The monoisotopic (exact) mass is 211 g/mol. The molecule has 15 heavy (non-hydrogen) atoms. The van der Waals surface area contributed by atoms with Crippen LogP contribution in [0, 0.1) is 5.92 Å². The van der Waals surface area contributed by atoms with Crippen molar-refractivity contribution in [3.05, 3.63) is 12.7 Å². The second-order valence-electron chi connectivity index (χ2n) is 5.08. The predicted octanol–water partition coefficient (Wildman–Crippen LogP) is 2.87. The number of carbonyl (C=O) groups is 1. The van der Waals surface area contributed by atoms with Crippen LogP contribution in [0.1, 0.15) is 40.0 Å². The molecular weight excluding hydrogens is 190 g/mol. The lowest BCUT2D eigenvalue weighted by Gasteiger charge is -2.23. The lowest BCUT2D eigenvalue weighted by molar-refractivity contribution is 0.0498. The normalized spacial score (nSPS) is 26.1. The van der Waals surface area contributed by atoms with Crippen LogP contribution in [0.15, 0.2) is 12.7 Å². The van der Waals surface area contributed by atoms with Gasteiger partial charge in [-0.1, -0.05) is 12.5 Å². The zero-order valence-corrected chi connectivity index (χ0v) is 9.88. The van der Waals surface area contributed by atoms with E-state index in [-0.39, 0.29) is 12.1 Å². The molecule has 2 unspecified atom stereocenters. The molecule has 1 aliphatic carbocycles. The van der Waals surface area contributed by atoms with Gasteiger partial charge in [-0.15, -0.1) is 6.58 Å². The molecule has 0 radical (unpaired) electrons. The molecule has 1 amide bonds. The molecular formula is C12H21NO2. The average molecular weight is 211 g/mol. The maximum absolute atomic E-state index is 11.5. The number of hydrogen-bond acceptors (Lipinski definition) is 2. The Balaban J connectivity index is 2.41. The third-order valence-corrected chi connectivity index (χ3v) is 2.57. The van der Waals surface area contributed by atoms with E-state index in [1.54, 1.807) is 0 Å². The molecule has 1 fully saturated rings. The fourth-order valence-electron chi connectivity index (χ4n) is 1.91. The fourth-order valence-corrected chi connectivity index (χ4v) is 1.91. The van der Waals surface area contributed by atoms with Crippen molar-refractivity contribution in [1.82, 2.24) is 5.32 Å². The number of ether oxygens (including phenoxy) is 1. The minimum absolute atomic E-state index is 0.206. The maximum Gasteiger partial charge on any atom is 0.407 e. The number of rotatable bonds is 2. The highest BCUT2D eigenvalue weighted by molar-refractivity contribution is 5.68. The highest BCUT2D eigenvalue weighted by atomic mass is 16.6. The van der Waals surface area contributed by atoms with Gasteiger partial charge < -0.3 is 10.1 Å².